The van der Waals surface area contributed by atoms with Gasteiger partial charge in [0.2, 0.25) is 5.91 Å². The summed E-state index contributed by atoms with van der Waals surface area (Å²) in [5.74, 6) is -1.14. The number of likely N-dealkylation sites (tertiary alicyclic amines) is 1. The Morgan fingerprint density at radius 3 is 2.72 bits per heavy atom. The van der Waals surface area contributed by atoms with Gasteiger partial charge in [-0.25, -0.2) is 8.78 Å². The zero-order valence-corrected chi connectivity index (χ0v) is 13.9. The Morgan fingerprint density at radius 2 is 1.92 bits per heavy atom. The van der Waals surface area contributed by atoms with Crippen molar-refractivity contribution in [1.82, 2.24) is 10.2 Å². The Labute approximate surface area is 145 Å². The first-order valence-electron chi connectivity index (χ1n) is 8.62. The van der Waals surface area contributed by atoms with E-state index in [-0.39, 0.29) is 5.91 Å². The molecule has 2 aliphatic heterocycles. The van der Waals surface area contributed by atoms with E-state index in [1.54, 1.807) is 0 Å². The van der Waals surface area contributed by atoms with Crippen molar-refractivity contribution < 1.29 is 13.6 Å². The summed E-state index contributed by atoms with van der Waals surface area (Å²) >= 11 is 0. The lowest BCUT2D eigenvalue weighted by Gasteiger charge is -2.36. The predicted molar refractivity (Wildman–Crippen MR) is 90.7 cm³/mol. The molecule has 1 spiro atoms. The molecule has 0 aromatic heterocycles. The lowest BCUT2D eigenvalue weighted by Crippen LogP contribution is -2.55. The van der Waals surface area contributed by atoms with Crippen LogP contribution in [0.15, 0.2) is 42.5 Å². The van der Waals surface area contributed by atoms with Gasteiger partial charge < -0.3 is 5.32 Å². The van der Waals surface area contributed by atoms with Gasteiger partial charge in [0.05, 0.1) is 0 Å². The number of carbonyl (C=O) groups excluding carboxylic acids is 1. The van der Waals surface area contributed by atoms with Crippen LogP contribution in [0.25, 0.3) is 0 Å². The van der Waals surface area contributed by atoms with Gasteiger partial charge in [0.25, 0.3) is 0 Å². The van der Waals surface area contributed by atoms with E-state index in [1.807, 2.05) is 18.2 Å². The average molecular weight is 342 g/mol. The molecule has 2 aromatic carbocycles. The molecule has 2 aromatic rings. The Morgan fingerprint density at radius 1 is 1.12 bits per heavy atom. The molecule has 1 saturated heterocycles. The van der Waals surface area contributed by atoms with Crippen LogP contribution in [-0.4, -0.2) is 22.9 Å². The van der Waals surface area contributed by atoms with Crippen LogP contribution in [0.2, 0.25) is 0 Å². The zero-order valence-electron chi connectivity index (χ0n) is 13.9. The van der Waals surface area contributed by atoms with Crippen molar-refractivity contribution in [3.05, 3.63) is 70.8 Å². The molecule has 1 amide bonds. The van der Waals surface area contributed by atoms with Gasteiger partial charge in [0.1, 0.15) is 17.2 Å². The maximum atomic E-state index is 14.1. The van der Waals surface area contributed by atoms with Gasteiger partial charge >= 0.3 is 0 Å². The number of hydrogen-bond acceptors (Lipinski definition) is 2. The van der Waals surface area contributed by atoms with Crippen molar-refractivity contribution in [2.24, 2.45) is 0 Å². The first kappa shape index (κ1) is 16.2. The molecule has 3 nitrogen and oxygen atoms in total. The van der Waals surface area contributed by atoms with Gasteiger partial charge in [-0.05, 0) is 36.6 Å². The Kier molecular flexibility index (Phi) is 4.04. The highest BCUT2D eigenvalue weighted by Crippen LogP contribution is 2.37. The molecule has 1 unspecified atom stereocenters. The second-order valence-electron chi connectivity index (χ2n) is 6.92. The normalized spacial score (nSPS) is 23.4. The summed E-state index contributed by atoms with van der Waals surface area (Å²) < 4.78 is 27.3. The summed E-state index contributed by atoms with van der Waals surface area (Å²) in [4.78, 5) is 15.0. The molecule has 5 heteroatoms. The van der Waals surface area contributed by atoms with Crippen LogP contribution in [0, 0.1) is 11.6 Å². The minimum atomic E-state index is -0.659. The molecule has 130 valence electrons. The van der Waals surface area contributed by atoms with Crippen LogP contribution in [0.5, 0.6) is 0 Å². The second-order valence-corrected chi connectivity index (χ2v) is 6.92. The van der Waals surface area contributed by atoms with E-state index < -0.39 is 17.2 Å². The van der Waals surface area contributed by atoms with E-state index in [2.05, 4.69) is 16.3 Å². The summed E-state index contributed by atoms with van der Waals surface area (Å²) in [6.45, 7) is 1.56. The maximum Gasteiger partial charge on any atom is 0.241 e. The van der Waals surface area contributed by atoms with Crippen molar-refractivity contribution in [3.8, 4) is 0 Å². The number of rotatable bonds is 2. The molecule has 0 aliphatic carbocycles. The monoisotopic (exact) mass is 342 g/mol. The molecule has 0 saturated carbocycles. The first-order valence-corrected chi connectivity index (χ1v) is 8.62. The third kappa shape index (κ3) is 2.82. The lowest BCUT2D eigenvalue weighted by molar-refractivity contribution is -0.132. The highest BCUT2D eigenvalue weighted by atomic mass is 19.1. The molecule has 0 bridgehead atoms. The van der Waals surface area contributed by atoms with Crippen LogP contribution in [0.4, 0.5) is 8.78 Å². The van der Waals surface area contributed by atoms with E-state index in [9.17, 15) is 13.6 Å². The number of benzene rings is 2. The highest BCUT2D eigenvalue weighted by Gasteiger charge is 2.48. The smallest absolute Gasteiger partial charge is 0.241 e. The summed E-state index contributed by atoms with van der Waals surface area (Å²) in [6.07, 6.45) is 2.26. The van der Waals surface area contributed by atoms with E-state index in [4.69, 9.17) is 0 Å². The fraction of sp³-hybridized carbons (Fsp3) is 0.350. The Balaban J connectivity index is 1.68. The standard InChI is InChI=1S/C20H20F2N2O/c21-17-7-6-16(18(22)10-17)13-24-9-3-8-20(24)11-14-4-1-2-5-15(14)12-23-19(20)25/h1-2,4-7,10H,3,8-9,11-13H2,(H,23,25). The molecular formula is C20H20F2N2O. The van der Waals surface area contributed by atoms with Crippen molar-refractivity contribution in [3.63, 3.8) is 0 Å². The van der Waals surface area contributed by atoms with Crippen LogP contribution >= 0.6 is 0 Å². The lowest BCUT2D eigenvalue weighted by atomic mass is 9.86. The topological polar surface area (TPSA) is 32.3 Å². The van der Waals surface area contributed by atoms with Gasteiger partial charge in [0, 0.05) is 31.1 Å². The number of amides is 1. The third-order valence-electron chi connectivity index (χ3n) is 5.46. The minimum absolute atomic E-state index is 0.00344. The predicted octanol–water partition coefficient (Wildman–Crippen LogP) is 3.17. The largest absolute Gasteiger partial charge is 0.350 e. The number of hydrogen-bond donors (Lipinski definition) is 1. The Hall–Kier alpha value is -2.27. The van der Waals surface area contributed by atoms with E-state index >= 15 is 0 Å². The molecule has 1 fully saturated rings. The molecule has 2 heterocycles. The third-order valence-corrected chi connectivity index (χ3v) is 5.46. The number of fused-ring (bicyclic) bond motifs is 1. The summed E-state index contributed by atoms with van der Waals surface area (Å²) in [7, 11) is 0. The van der Waals surface area contributed by atoms with Crippen LogP contribution in [0.1, 0.15) is 29.5 Å². The second kappa shape index (κ2) is 6.23. The summed E-state index contributed by atoms with van der Waals surface area (Å²) in [6, 6.07) is 11.7. The van der Waals surface area contributed by atoms with E-state index in [0.29, 0.717) is 25.1 Å². The summed E-state index contributed by atoms with van der Waals surface area (Å²) in [5.41, 5.74) is 2.06. The SMILES string of the molecule is O=C1NCc2ccccc2CC12CCCN2Cc1ccc(F)cc1F. The highest BCUT2D eigenvalue weighted by molar-refractivity contribution is 5.87. The summed E-state index contributed by atoms with van der Waals surface area (Å²) in [5, 5.41) is 3.04. The molecule has 1 N–H and O–H groups in total. The number of nitrogens with zero attached hydrogens (tertiary/aromatic N) is 1. The van der Waals surface area contributed by atoms with E-state index in [1.165, 1.54) is 12.1 Å². The fourth-order valence-corrected chi connectivity index (χ4v) is 4.12. The van der Waals surface area contributed by atoms with Crippen molar-refractivity contribution in [2.75, 3.05) is 6.54 Å². The van der Waals surface area contributed by atoms with Crippen molar-refractivity contribution in [2.45, 2.75) is 37.9 Å². The van der Waals surface area contributed by atoms with Gasteiger partial charge in [-0.3, -0.25) is 9.69 Å². The molecule has 0 radical (unpaired) electrons. The number of halogens is 2. The Bertz CT molecular complexity index is 823. The molecule has 2 aliphatic rings. The molecule has 4 rings (SSSR count). The fourth-order valence-electron chi connectivity index (χ4n) is 4.12. The first-order chi connectivity index (χ1) is 12.1. The molecule has 25 heavy (non-hydrogen) atoms. The van der Waals surface area contributed by atoms with Gasteiger partial charge in [-0.15, -0.1) is 0 Å². The van der Waals surface area contributed by atoms with Gasteiger partial charge in [0.15, 0.2) is 0 Å². The average Bonchev–Trinajstić information content (AvgIpc) is 2.93. The number of nitrogens with one attached hydrogen (secondary N) is 1. The van der Waals surface area contributed by atoms with Crippen molar-refractivity contribution >= 4 is 5.91 Å². The van der Waals surface area contributed by atoms with Gasteiger partial charge in [-0.1, -0.05) is 30.3 Å². The van der Waals surface area contributed by atoms with E-state index in [0.717, 1.165) is 36.6 Å². The van der Waals surface area contributed by atoms with Crippen LogP contribution in [-0.2, 0) is 24.3 Å². The molecule has 1 atom stereocenters. The van der Waals surface area contributed by atoms with Gasteiger partial charge in [-0.2, -0.15) is 0 Å². The zero-order chi connectivity index (χ0) is 17.4. The van der Waals surface area contributed by atoms with Crippen LogP contribution in [0.3, 0.4) is 0 Å². The minimum Gasteiger partial charge on any atom is -0.350 e. The quantitative estimate of drug-likeness (QED) is 0.909. The molecular weight excluding hydrogens is 322 g/mol. The maximum absolute atomic E-state index is 14.1. The number of carbonyl (C=O) groups is 1. The van der Waals surface area contributed by atoms with Crippen molar-refractivity contribution in [1.29, 1.82) is 0 Å². The van der Waals surface area contributed by atoms with Crippen LogP contribution < -0.4 is 5.32 Å².